The van der Waals surface area contributed by atoms with E-state index in [0.717, 1.165) is 10.5 Å². The number of aromatic carboxylic acids is 1. The molecule has 0 saturated carbocycles. The molecule has 0 aliphatic heterocycles. The molecule has 0 aliphatic carbocycles. The van der Waals surface area contributed by atoms with Crippen LogP contribution in [0, 0.1) is 6.92 Å². The maximum Gasteiger partial charge on any atom is 0.335 e. The van der Waals surface area contributed by atoms with Crippen LogP contribution in [-0.4, -0.2) is 17.3 Å². The van der Waals surface area contributed by atoms with Gasteiger partial charge in [-0.25, -0.2) is 4.79 Å². The highest BCUT2D eigenvalue weighted by atomic mass is 32.2. The highest BCUT2D eigenvalue weighted by molar-refractivity contribution is 7.98. The number of carboxylic acids is 1. The second-order valence-electron chi connectivity index (χ2n) is 3.82. The van der Waals surface area contributed by atoms with Crippen molar-refractivity contribution in [3.05, 3.63) is 28.8 Å². The van der Waals surface area contributed by atoms with Crippen molar-refractivity contribution in [1.82, 2.24) is 0 Å². The lowest BCUT2D eigenvalue weighted by atomic mass is 9.98. The van der Waals surface area contributed by atoms with Crippen LogP contribution >= 0.6 is 11.8 Å². The predicted molar refractivity (Wildman–Crippen MR) is 64.0 cm³/mol. The molecule has 0 amide bonds. The van der Waals surface area contributed by atoms with Crippen LogP contribution in [0.5, 0.6) is 0 Å². The minimum atomic E-state index is -0.849. The van der Waals surface area contributed by atoms with Crippen molar-refractivity contribution >= 4 is 17.7 Å². The van der Waals surface area contributed by atoms with E-state index in [1.807, 2.05) is 19.2 Å². The number of carboxylic acid groups (broad SMARTS) is 1. The van der Waals surface area contributed by atoms with Crippen LogP contribution in [0.3, 0.4) is 0 Å². The van der Waals surface area contributed by atoms with Gasteiger partial charge in [0, 0.05) is 4.90 Å². The quantitative estimate of drug-likeness (QED) is 0.798. The Hall–Kier alpha value is -0.960. The van der Waals surface area contributed by atoms with Crippen LogP contribution < -0.4 is 0 Å². The number of thioether (sulfide) groups is 1. The molecule has 1 aromatic carbocycles. The first kappa shape index (κ1) is 12.1. The van der Waals surface area contributed by atoms with Crippen molar-refractivity contribution in [2.75, 3.05) is 6.26 Å². The van der Waals surface area contributed by atoms with Gasteiger partial charge in [-0.05, 0) is 36.3 Å². The number of rotatable bonds is 3. The fourth-order valence-corrected chi connectivity index (χ4v) is 2.63. The summed E-state index contributed by atoms with van der Waals surface area (Å²) in [6.45, 7) is 6.12. The molecular weight excluding hydrogens is 208 g/mol. The summed E-state index contributed by atoms with van der Waals surface area (Å²) in [5.74, 6) is -0.424. The van der Waals surface area contributed by atoms with Crippen LogP contribution in [0.15, 0.2) is 17.0 Å². The summed E-state index contributed by atoms with van der Waals surface area (Å²) >= 11 is 1.62. The van der Waals surface area contributed by atoms with Crippen LogP contribution in [0.25, 0.3) is 0 Å². The molecule has 2 nitrogen and oxygen atoms in total. The minimum absolute atomic E-state index is 0.406. The van der Waals surface area contributed by atoms with Gasteiger partial charge in [0.15, 0.2) is 0 Å². The zero-order chi connectivity index (χ0) is 11.6. The van der Waals surface area contributed by atoms with Crippen molar-refractivity contribution in [2.45, 2.75) is 31.6 Å². The Labute approximate surface area is 94.7 Å². The normalized spacial score (nSPS) is 10.7. The smallest absolute Gasteiger partial charge is 0.335 e. The third-order valence-electron chi connectivity index (χ3n) is 2.49. The fraction of sp³-hybridized carbons (Fsp3) is 0.417. The van der Waals surface area contributed by atoms with Gasteiger partial charge in [-0.1, -0.05) is 19.9 Å². The van der Waals surface area contributed by atoms with Gasteiger partial charge in [0.25, 0.3) is 0 Å². The summed E-state index contributed by atoms with van der Waals surface area (Å²) in [5, 5.41) is 9.01. The molecule has 0 bridgehead atoms. The summed E-state index contributed by atoms with van der Waals surface area (Å²) in [7, 11) is 0. The van der Waals surface area contributed by atoms with Gasteiger partial charge in [-0.15, -0.1) is 11.8 Å². The Kier molecular flexibility index (Phi) is 3.80. The zero-order valence-corrected chi connectivity index (χ0v) is 10.3. The molecule has 1 N–H and O–H groups in total. The van der Waals surface area contributed by atoms with Crippen LogP contribution in [-0.2, 0) is 0 Å². The van der Waals surface area contributed by atoms with Crippen molar-refractivity contribution in [2.24, 2.45) is 0 Å². The second kappa shape index (κ2) is 4.71. The Morgan fingerprint density at radius 2 is 2.00 bits per heavy atom. The van der Waals surface area contributed by atoms with Crippen molar-refractivity contribution in [1.29, 1.82) is 0 Å². The van der Waals surface area contributed by atoms with Gasteiger partial charge in [-0.3, -0.25) is 0 Å². The number of carbonyl (C=O) groups is 1. The van der Waals surface area contributed by atoms with Crippen LogP contribution in [0.4, 0.5) is 0 Å². The van der Waals surface area contributed by atoms with E-state index in [9.17, 15) is 4.79 Å². The average Bonchev–Trinajstić information content (AvgIpc) is 2.16. The first-order valence-corrected chi connectivity index (χ1v) is 6.12. The van der Waals surface area contributed by atoms with E-state index in [0.29, 0.717) is 11.5 Å². The molecule has 0 atom stereocenters. The summed E-state index contributed by atoms with van der Waals surface area (Å²) in [5.41, 5.74) is 2.51. The van der Waals surface area contributed by atoms with Crippen molar-refractivity contribution in [3.63, 3.8) is 0 Å². The first-order valence-electron chi connectivity index (χ1n) is 4.89. The fourth-order valence-electron chi connectivity index (χ4n) is 1.67. The third-order valence-corrected chi connectivity index (χ3v) is 3.44. The maximum absolute atomic E-state index is 11.0. The Morgan fingerprint density at radius 3 is 2.40 bits per heavy atom. The van der Waals surface area contributed by atoms with E-state index in [1.165, 1.54) is 5.56 Å². The zero-order valence-electron chi connectivity index (χ0n) is 9.50. The highest BCUT2D eigenvalue weighted by Gasteiger charge is 2.15. The predicted octanol–water partition coefficient (Wildman–Crippen LogP) is 3.54. The Morgan fingerprint density at radius 1 is 1.40 bits per heavy atom. The van der Waals surface area contributed by atoms with E-state index in [2.05, 4.69) is 13.8 Å². The molecule has 0 spiro atoms. The minimum Gasteiger partial charge on any atom is -0.478 e. The van der Waals surface area contributed by atoms with Crippen LogP contribution in [0.1, 0.15) is 41.3 Å². The molecule has 0 unspecified atom stereocenters. The second-order valence-corrected chi connectivity index (χ2v) is 4.64. The van der Waals surface area contributed by atoms with E-state index in [-0.39, 0.29) is 0 Å². The molecule has 3 heteroatoms. The number of hydrogen-bond donors (Lipinski definition) is 1. The SMILES string of the molecule is CSc1c(C(C)C)ccc(C(=O)O)c1C. The van der Waals surface area contributed by atoms with E-state index in [4.69, 9.17) is 5.11 Å². The summed E-state index contributed by atoms with van der Waals surface area (Å²) in [4.78, 5) is 12.1. The molecule has 0 aromatic heterocycles. The van der Waals surface area contributed by atoms with Crippen LogP contribution in [0.2, 0.25) is 0 Å². The summed E-state index contributed by atoms with van der Waals surface area (Å²) in [6, 6.07) is 3.62. The number of hydrogen-bond acceptors (Lipinski definition) is 2. The largest absolute Gasteiger partial charge is 0.478 e. The Bertz CT molecular complexity index is 383. The van der Waals surface area contributed by atoms with Crippen molar-refractivity contribution < 1.29 is 9.90 Å². The molecule has 1 aromatic rings. The van der Waals surface area contributed by atoms with E-state index in [1.54, 1.807) is 17.8 Å². The maximum atomic E-state index is 11.0. The lowest BCUT2D eigenvalue weighted by Gasteiger charge is -2.15. The van der Waals surface area contributed by atoms with Gasteiger partial charge in [0.1, 0.15) is 0 Å². The molecular formula is C12H16O2S. The summed E-state index contributed by atoms with van der Waals surface area (Å²) < 4.78 is 0. The molecule has 1 rings (SSSR count). The Balaban J connectivity index is 3.39. The molecule has 0 saturated heterocycles. The summed E-state index contributed by atoms with van der Waals surface area (Å²) in [6.07, 6.45) is 1.99. The van der Waals surface area contributed by atoms with E-state index >= 15 is 0 Å². The standard InChI is InChI=1S/C12H16O2S/c1-7(2)9-5-6-10(12(13)14)8(3)11(9)15-4/h5-7H,1-4H3,(H,13,14). The lowest BCUT2D eigenvalue weighted by Crippen LogP contribution is -2.03. The molecule has 0 fully saturated rings. The first-order chi connectivity index (χ1) is 6.99. The third kappa shape index (κ3) is 2.34. The van der Waals surface area contributed by atoms with Gasteiger partial charge in [0.2, 0.25) is 0 Å². The number of benzene rings is 1. The van der Waals surface area contributed by atoms with Gasteiger partial charge >= 0.3 is 5.97 Å². The average molecular weight is 224 g/mol. The van der Waals surface area contributed by atoms with Crippen molar-refractivity contribution in [3.8, 4) is 0 Å². The van der Waals surface area contributed by atoms with E-state index < -0.39 is 5.97 Å². The van der Waals surface area contributed by atoms with Gasteiger partial charge in [-0.2, -0.15) is 0 Å². The molecule has 0 heterocycles. The lowest BCUT2D eigenvalue weighted by molar-refractivity contribution is 0.0695. The molecule has 0 aliphatic rings. The monoisotopic (exact) mass is 224 g/mol. The molecule has 15 heavy (non-hydrogen) atoms. The molecule has 82 valence electrons. The van der Waals surface area contributed by atoms with Gasteiger partial charge < -0.3 is 5.11 Å². The topological polar surface area (TPSA) is 37.3 Å². The molecule has 0 radical (unpaired) electrons. The van der Waals surface area contributed by atoms with Gasteiger partial charge in [0.05, 0.1) is 5.56 Å². The highest BCUT2D eigenvalue weighted by Crippen LogP contribution is 2.31.